The zero-order valence-corrected chi connectivity index (χ0v) is 16.4. The van der Waals surface area contributed by atoms with E-state index in [2.05, 4.69) is 10.6 Å². The fourth-order valence-electron chi connectivity index (χ4n) is 3.19. The van der Waals surface area contributed by atoms with Gasteiger partial charge in [0.15, 0.2) is 0 Å². The summed E-state index contributed by atoms with van der Waals surface area (Å²) in [6.07, 6.45) is 2.20. The SMILES string of the molecule is CC(C)Oc1cccc(CNC(=O)Nc2cccc(C(=O)N3CCCC3)c2)c1. The molecule has 3 rings (SSSR count). The van der Waals surface area contributed by atoms with E-state index >= 15 is 0 Å². The van der Waals surface area contributed by atoms with Crippen molar-refractivity contribution in [1.82, 2.24) is 10.2 Å². The van der Waals surface area contributed by atoms with E-state index in [1.807, 2.05) is 43.0 Å². The summed E-state index contributed by atoms with van der Waals surface area (Å²) >= 11 is 0. The van der Waals surface area contributed by atoms with Gasteiger partial charge in [-0.3, -0.25) is 4.79 Å². The Morgan fingerprint density at radius 1 is 1.07 bits per heavy atom. The number of ether oxygens (including phenoxy) is 1. The van der Waals surface area contributed by atoms with Crippen LogP contribution < -0.4 is 15.4 Å². The zero-order valence-electron chi connectivity index (χ0n) is 16.4. The van der Waals surface area contributed by atoms with E-state index in [-0.39, 0.29) is 18.0 Å². The summed E-state index contributed by atoms with van der Waals surface area (Å²) in [4.78, 5) is 26.6. The highest BCUT2D eigenvalue weighted by Crippen LogP contribution is 2.17. The quantitative estimate of drug-likeness (QED) is 0.794. The monoisotopic (exact) mass is 381 g/mol. The number of amides is 3. The number of hydrogen-bond donors (Lipinski definition) is 2. The van der Waals surface area contributed by atoms with Crippen molar-refractivity contribution in [2.24, 2.45) is 0 Å². The second-order valence-corrected chi connectivity index (χ2v) is 7.20. The molecule has 28 heavy (non-hydrogen) atoms. The number of nitrogens with one attached hydrogen (secondary N) is 2. The Balaban J connectivity index is 1.55. The van der Waals surface area contributed by atoms with Crippen molar-refractivity contribution < 1.29 is 14.3 Å². The Morgan fingerprint density at radius 2 is 1.82 bits per heavy atom. The highest BCUT2D eigenvalue weighted by molar-refractivity contribution is 5.97. The summed E-state index contributed by atoms with van der Waals surface area (Å²) in [7, 11) is 0. The predicted octanol–water partition coefficient (Wildman–Crippen LogP) is 4.03. The second kappa shape index (κ2) is 9.26. The number of likely N-dealkylation sites (tertiary alicyclic amines) is 1. The average Bonchev–Trinajstić information content (AvgIpc) is 3.20. The van der Waals surface area contributed by atoms with Crippen molar-refractivity contribution in [1.29, 1.82) is 0 Å². The van der Waals surface area contributed by atoms with Crippen LogP contribution in [0.4, 0.5) is 10.5 Å². The number of anilines is 1. The van der Waals surface area contributed by atoms with Gasteiger partial charge in [0.1, 0.15) is 5.75 Å². The third-order valence-corrected chi connectivity index (χ3v) is 4.48. The van der Waals surface area contributed by atoms with Crippen LogP contribution >= 0.6 is 0 Å². The molecule has 1 aliphatic heterocycles. The smallest absolute Gasteiger partial charge is 0.319 e. The lowest BCUT2D eigenvalue weighted by molar-refractivity contribution is 0.0793. The molecule has 3 amide bonds. The van der Waals surface area contributed by atoms with E-state index in [9.17, 15) is 9.59 Å². The van der Waals surface area contributed by atoms with Crippen LogP contribution in [-0.2, 0) is 6.54 Å². The van der Waals surface area contributed by atoms with Crippen LogP contribution in [0.1, 0.15) is 42.6 Å². The molecule has 2 N–H and O–H groups in total. The van der Waals surface area contributed by atoms with Crippen LogP contribution in [-0.4, -0.2) is 36.0 Å². The molecule has 1 fully saturated rings. The van der Waals surface area contributed by atoms with Crippen molar-refractivity contribution in [2.45, 2.75) is 39.3 Å². The van der Waals surface area contributed by atoms with Crippen molar-refractivity contribution in [3.05, 3.63) is 59.7 Å². The summed E-state index contributed by atoms with van der Waals surface area (Å²) in [5.41, 5.74) is 2.14. The summed E-state index contributed by atoms with van der Waals surface area (Å²) in [5, 5.41) is 5.62. The minimum Gasteiger partial charge on any atom is -0.491 e. The van der Waals surface area contributed by atoms with Gasteiger partial charge in [0, 0.05) is 30.9 Å². The van der Waals surface area contributed by atoms with Crippen LogP contribution in [0.15, 0.2) is 48.5 Å². The van der Waals surface area contributed by atoms with Gasteiger partial charge in [-0.05, 0) is 62.6 Å². The van der Waals surface area contributed by atoms with Crippen LogP contribution in [0, 0.1) is 0 Å². The Hall–Kier alpha value is -3.02. The number of nitrogens with zero attached hydrogens (tertiary/aromatic N) is 1. The fraction of sp³-hybridized carbons (Fsp3) is 0.364. The van der Waals surface area contributed by atoms with Crippen LogP contribution in [0.3, 0.4) is 0 Å². The maximum absolute atomic E-state index is 12.5. The normalized spacial score (nSPS) is 13.5. The molecule has 6 nitrogen and oxygen atoms in total. The number of benzene rings is 2. The van der Waals surface area contributed by atoms with Gasteiger partial charge in [-0.15, -0.1) is 0 Å². The van der Waals surface area contributed by atoms with Gasteiger partial charge in [-0.25, -0.2) is 4.79 Å². The van der Waals surface area contributed by atoms with Gasteiger partial charge in [0.05, 0.1) is 6.10 Å². The molecule has 6 heteroatoms. The Kier molecular flexibility index (Phi) is 6.53. The summed E-state index contributed by atoms with van der Waals surface area (Å²) in [6.45, 7) is 5.93. The van der Waals surface area contributed by atoms with E-state index in [0.717, 1.165) is 37.2 Å². The lowest BCUT2D eigenvalue weighted by atomic mass is 10.2. The molecule has 1 heterocycles. The molecule has 0 aromatic heterocycles. The molecular formula is C22H27N3O3. The molecule has 148 valence electrons. The molecule has 0 saturated carbocycles. The van der Waals surface area contributed by atoms with Gasteiger partial charge >= 0.3 is 6.03 Å². The predicted molar refractivity (Wildman–Crippen MR) is 110 cm³/mol. The number of urea groups is 1. The molecule has 0 spiro atoms. The van der Waals surface area contributed by atoms with E-state index < -0.39 is 0 Å². The molecule has 1 saturated heterocycles. The van der Waals surface area contributed by atoms with Gasteiger partial charge in [0.2, 0.25) is 0 Å². The minimum atomic E-state index is -0.319. The van der Waals surface area contributed by atoms with E-state index in [4.69, 9.17) is 4.74 Å². The lowest BCUT2D eigenvalue weighted by Gasteiger charge is -2.16. The Labute approximate surface area is 165 Å². The summed E-state index contributed by atoms with van der Waals surface area (Å²) in [6, 6.07) is 14.4. The molecule has 0 aliphatic carbocycles. The summed E-state index contributed by atoms with van der Waals surface area (Å²) < 4.78 is 5.67. The number of carbonyl (C=O) groups is 2. The van der Waals surface area contributed by atoms with Gasteiger partial charge in [-0.2, -0.15) is 0 Å². The first-order chi connectivity index (χ1) is 13.5. The maximum Gasteiger partial charge on any atom is 0.319 e. The maximum atomic E-state index is 12.5. The zero-order chi connectivity index (χ0) is 19.9. The highest BCUT2D eigenvalue weighted by atomic mass is 16.5. The number of hydrogen-bond acceptors (Lipinski definition) is 3. The molecule has 2 aromatic carbocycles. The first kappa shape index (κ1) is 19.7. The molecule has 2 aromatic rings. The average molecular weight is 381 g/mol. The largest absolute Gasteiger partial charge is 0.491 e. The minimum absolute atomic E-state index is 0.0172. The van der Waals surface area contributed by atoms with Crippen molar-refractivity contribution in [3.63, 3.8) is 0 Å². The fourth-order valence-corrected chi connectivity index (χ4v) is 3.19. The lowest BCUT2D eigenvalue weighted by Crippen LogP contribution is -2.29. The standard InChI is InChI=1S/C22H27N3O3/c1-16(2)28-20-10-5-7-17(13-20)15-23-22(27)24-19-9-6-8-18(14-19)21(26)25-11-3-4-12-25/h5-10,13-14,16H,3-4,11-12,15H2,1-2H3,(H2,23,24,27). The molecule has 0 radical (unpaired) electrons. The number of rotatable bonds is 6. The van der Waals surface area contributed by atoms with Crippen molar-refractivity contribution in [3.8, 4) is 5.75 Å². The van der Waals surface area contributed by atoms with E-state index in [1.165, 1.54) is 0 Å². The molecule has 0 atom stereocenters. The van der Waals surface area contributed by atoms with Gasteiger partial charge in [-0.1, -0.05) is 18.2 Å². The van der Waals surface area contributed by atoms with Gasteiger partial charge in [0.25, 0.3) is 5.91 Å². The third kappa shape index (κ3) is 5.49. The Morgan fingerprint density at radius 3 is 2.57 bits per heavy atom. The number of carbonyl (C=O) groups excluding carboxylic acids is 2. The van der Waals surface area contributed by atoms with Crippen molar-refractivity contribution >= 4 is 17.6 Å². The van der Waals surface area contributed by atoms with Gasteiger partial charge < -0.3 is 20.3 Å². The molecule has 0 bridgehead atoms. The summed E-state index contributed by atoms with van der Waals surface area (Å²) in [5.74, 6) is 0.798. The molecule has 1 aliphatic rings. The first-order valence-electron chi connectivity index (χ1n) is 9.71. The van der Waals surface area contributed by atoms with Crippen LogP contribution in [0.25, 0.3) is 0 Å². The van der Waals surface area contributed by atoms with E-state index in [1.54, 1.807) is 24.3 Å². The van der Waals surface area contributed by atoms with Crippen molar-refractivity contribution in [2.75, 3.05) is 18.4 Å². The topological polar surface area (TPSA) is 70.7 Å². The van der Waals surface area contributed by atoms with Crippen LogP contribution in [0.2, 0.25) is 0 Å². The molecular weight excluding hydrogens is 354 g/mol. The van der Waals surface area contributed by atoms with E-state index in [0.29, 0.717) is 17.8 Å². The second-order valence-electron chi connectivity index (χ2n) is 7.20. The first-order valence-corrected chi connectivity index (χ1v) is 9.71. The highest BCUT2D eigenvalue weighted by Gasteiger charge is 2.19. The van der Waals surface area contributed by atoms with Crippen LogP contribution in [0.5, 0.6) is 5.75 Å². The third-order valence-electron chi connectivity index (χ3n) is 4.48. The Bertz CT molecular complexity index is 829. The molecule has 0 unspecified atom stereocenters.